The number of hydrogen-bond donors (Lipinski definition) is 0. The van der Waals surface area contributed by atoms with Crippen molar-refractivity contribution in [1.82, 2.24) is 9.91 Å². The predicted octanol–water partition coefficient (Wildman–Crippen LogP) is 3.89. The second kappa shape index (κ2) is 7.14. The molecule has 1 aliphatic heterocycles. The van der Waals surface area contributed by atoms with Gasteiger partial charge in [0.1, 0.15) is 11.8 Å². The number of hydrogen-bond acceptors (Lipinski definition) is 5. The van der Waals surface area contributed by atoms with Crippen LogP contribution < -0.4 is 0 Å². The molecule has 0 spiro atoms. The summed E-state index contributed by atoms with van der Waals surface area (Å²) in [4.78, 5) is 16.3. The fourth-order valence-electron chi connectivity index (χ4n) is 3.79. The van der Waals surface area contributed by atoms with Crippen molar-refractivity contribution in [2.75, 3.05) is 13.6 Å². The number of amides is 1. The first-order valence-electron chi connectivity index (χ1n) is 8.89. The monoisotopic (exact) mass is 357 g/mol. The molecule has 0 saturated heterocycles. The number of carbonyl (C=O) groups is 1. The largest absolute Gasteiger partial charge is 0.467 e. The maximum absolute atomic E-state index is 13.0. The lowest BCUT2D eigenvalue weighted by Gasteiger charge is -2.26. The number of furan rings is 1. The van der Waals surface area contributed by atoms with Crippen LogP contribution in [0.2, 0.25) is 0 Å². The van der Waals surface area contributed by atoms with E-state index in [2.05, 4.69) is 23.1 Å². The number of nitrogens with zero attached hydrogens (tertiary/aromatic N) is 3. The molecule has 4 rings (SSSR count). The van der Waals surface area contributed by atoms with Crippen LogP contribution in [-0.2, 0) is 4.79 Å². The van der Waals surface area contributed by atoms with Crippen molar-refractivity contribution in [2.24, 2.45) is 5.10 Å². The summed E-state index contributed by atoms with van der Waals surface area (Å²) in [6, 6.07) is 8.25. The van der Waals surface area contributed by atoms with E-state index in [4.69, 9.17) is 4.42 Å². The van der Waals surface area contributed by atoms with Gasteiger partial charge in [-0.2, -0.15) is 5.10 Å². The van der Waals surface area contributed by atoms with Crippen LogP contribution in [0, 0.1) is 0 Å². The van der Waals surface area contributed by atoms with Crippen LogP contribution >= 0.6 is 11.3 Å². The smallest absolute Gasteiger partial charge is 0.257 e. The minimum absolute atomic E-state index is 0.0438. The average molecular weight is 357 g/mol. The Hall–Kier alpha value is -1.92. The zero-order chi connectivity index (χ0) is 17.2. The van der Waals surface area contributed by atoms with Crippen LogP contribution in [0.25, 0.3) is 0 Å². The van der Waals surface area contributed by atoms with Crippen LogP contribution in [0.3, 0.4) is 0 Å². The minimum Gasteiger partial charge on any atom is -0.467 e. The van der Waals surface area contributed by atoms with Crippen molar-refractivity contribution in [3.8, 4) is 0 Å². The Bertz CT molecular complexity index is 733. The highest BCUT2D eigenvalue weighted by Crippen LogP contribution is 2.34. The number of carbonyl (C=O) groups excluding carboxylic acids is 1. The van der Waals surface area contributed by atoms with Crippen molar-refractivity contribution in [2.45, 2.75) is 44.2 Å². The highest BCUT2D eigenvalue weighted by Gasteiger charge is 2.36. The van der Waals surface area contributed by atoms with Crippen LogP contribution in [-0.4, -0.2) is 41.2 Å². The first-order chi connectivity index (χ1) is 12.2. The zero-order valence-corrected chi connectivity index (χ0v) is 15.2. The standard InChI is InChI=1S/C19H23N3O2S/c1-21(14-6-2-3-7-14)13-19(23)22-16(17-8-4-10-24-17)12-15(20-22)18-9-5-11-25-18/h4-5,8-11,14,16H,2-3,6-7,12-13H2,1H3. The van der Waals surface area contributed by atoms with Gasteiger partial charge in [-0.15, -0.1) is 11.3 Å². The summed E-state index contributed by atoms with van der Waals surface area (Å²) in [5.41, 5.74) is 0.966. The highest BCUT2D eigenvalue weighted by molar-refractivity contribution is 7.12. The zero-order valence-electron chi connectivity index (χ0n) is 14.4. The maximum atomic E-state index is 13.0. The fourth-order valence-corrected chi connectivity index (χ4v) is 4.52. The van der Waals surface area contributed by atoms with Gasteiger partial charge in [0.15, 0.2) is 0 Å². The molecule has 5 nitrogen and oxygen atoms in total. The van der Waals surface area contributed by atoms with Crippen molar-refractivity contribution < 1.29 is 9.21 Å². The molecular weight excluding hydrogens is 334 g/mol. The summed E-state index contributed by atoms with van der Waals surface area (Å²) in [5, 5.41) is 8.35. The number of hydrazone groups is 1. The molecule has 0 N–H and O–H groups in total. The van der Waals surface area contributed by atoms with E-state index in [1.54, 1.807) is 22.6 Å². The van der Waals surface area contributed by atoms with Gasteiger partial charge in [0.2, 0.25) is 0 Å². The van der Waals surface area contributed by atoms with Gasteiger partial charge >= 0.3 is 0 Å². The molecule has 2 aromatic rings. The van der Waals surface area contributed by atoms with Crippen LogP contribution in [0.5, 0.6) is 0 Å². The normalized spacial score (nSPS) is 21.3. The molecule has 2 aromatic heterocycles. The Labute approximate surface area is 151 Å². The molecule has 6 heteroatoms. The van der Waals surface area contributed by atoms with Gasteiger partial charge in [0.25, 0.3) is 5.91 Å². The van der Waals surface area contributed by atoms with E-state index in [0.29, 0.717) is 19.0 Å². The van der Waals surface area contributed by atoms with Crippen LogP contribution in [0.1, 0.15) is 48.8 Å². The van der Waals surface area contributed by atoms with E-state index >= 15 is 0 Å². The Morgan fingerprint density at radius 2 is 2.20 bits per heavy atom. The topological polar surface area (TPSA) is 49.1 Å². The Morgan fingerprint density at radius 1 is 1.36 bits per heavy atom. The van der Waals surface area contributed by atoms with E-state index in [1.165, 1.54) is 25.7 Å². The van der Waals surface area contributed by atoms with Gasteiger partial charge in [-0.1, -0.05) is 18.9 Å². The molecule has 0 radical (unpaired) electrons. The molecule has 1 saturated carbocycles. The molecule has 0 bridgehead atoms. The maximum Gasteiger partial charge on any atom is 0.257 e. The lowest BCUT2D eigenvalue weighted by atomic mass is 10.1. The molecule has 1 amide bonds. The second-order valence-electron chi connectivity index (χ2n) is 6.85. The van der Waals surface area contributed by atoms with E-state index in [-0.39, 0.29) is 11.9 Å². The van der Waals surface area contributed by atoms with Crippen molar-refractivity contribution in [1.29, 1.82) is 0 Å². The summed E-state index contributed by atoms with van der Waals surface area (Å²) >= 11 is 1.66. The molecule has 2 aliphatic rings. The average Bonchev–Trinajstić information content (AvgIpc) is 3.43. The SMILES string of the molecule is CN(CC(=O)N1N=C(c2cccs2)CC1c1ccco1)C1CCCC1. The summed E-state index contributed by atoms with van der Waals surface area (Å²) in [5.74, 6) is 0.842. The third-order valence-corrected chi connectivity index (χ3v) is 6.09. The van der Waals surface area contributed by atoms with E-state index in [1.807, 2.05) is 23.6 Å². The van der Waals surface area contributed by atoms with E-state index < -0.39 is 0 Å². The number of likely N-dealkylation sites (N-methyl/N-ethyl adjacent to an activating group) is 1. The van der Waals surface area contributed by atoms with Crippen molar-refractivity contribution >= 4 is 23.0 Å². The fraction of sp³-hybridized carbons (Fsp3) is 0.474. The molecule has 1 atom stereocenters. The van der Waals surface area contributed by atoms with E-state index in [9.17, 15) is 4.79 Å². The third kappa shape index (κ3) is 3.41. The van der Waals surface area contributed by atoms with Gasteiger partial charge < -0.3 is 4.42 Å². The lowest BCUT2D eigenvalue weighted by molar-refractivity contribution is -0.134. The van der Waals surface area contributed by atoms with Gasteiger partial charge in [-0.05, 0) is 43.5 Å². The summed E-state index contributed by atoms with van der Waals surface area (Å²) in [6.07, 6.45) is 7.27. The minimum atomic E-state index is -0.142. The van der Waals surface area contributed by atoms with Crippen LogP contribution in [0.4, 0.5) is 0 Å². The molecule has 1 fully saturated rings. The quantitative estimate of drug-likeness (QED) is 0.815. The molecule has 1 unspecified atom stereocenters. The Balaban J connectivity index is 1.53. The molecule has 1 aliphatic carbocycles. The first-order valence-corrected chi connectivity index (χ1v) is 9.77. The lowest BCUT2D eigenvalue weighted by Crippen LogP contribution is -2.40. The highest BCUT2D eigenvalue weighted by atomic mass is 32.1. The van der Waals surface area contributed by atoms with Crippen molar-refractivity contribution in [3.63, 3.8) is 0 Å². The molecule has 0 aromatic carbocycles. The van der Waals surface area contributed by atoms with Gasteiger partial charge in [-0.25, -0.2) is 5.01 Å². The summed E-state index contributed by atoms with van der Waals surface area (Å²) in [6.45, 7) is 0.406. The summed E-state index contributed by atoms with van der Waals surface area (Å²) in [7, 11) is 2.05. The van der Waals surface area contributed by atoms with E-state index in [0.717, 1.165) is 16.3 Å². The molecule has 3 heterocycles. The Kier molecular flexibility index (Phi) is 4.72. The number of thiophene rings is 1. The molecule has 25 heavy (non-hydrogen) atoms. The van der Waals surface area contributed by atoms with Gasteiger partial charge in [-0.3, -0.25) is 9.69 Å². The Morgan fingerprint density at radius 3 is 2.88 bits per heavy atom. The third-order valence-electron chi connectivity index (χ3n) is 5.18. The van der Waals surface area contributed by atoms with Crippen molar-refractivity contribution in [3.05, 3.63) is 46.5 Å². The van der Waals surface area contributed by atoms with Crippen LogP contribution in [0.15, 0.2) is 45.4 Å². The summed E-state index contributed by atoms with van der Waals surface area (Å²) < 4.78 is 5.59. The number of rotatable bonds is 5. The van der Waals surface area contributed by atoms with Gasteiger partial charge in [0.05, 0.1) is 23.4 Å². The van der Waals surface area contributed by atoms with Gasteiger partial charge in [0, 0.05) is 12.5 Å². The predicted molar refractivity (Wildman–Crippen MR) is 98.7 cm³/mol. The molecular formula is C19H23N3O2S. The second-order valence-corrected chi connectivity index (χ2v) is 7.80. The first kappa shape index (κ1) is 16.5. The molecule has 132 valence electrons.